The molecule has 0 spiro atoms. The van der Waals surface area contributed by atoms with Gasteiger partial charge >= 0.3 is 0 Å². The van der Waals surface area contributed by atoms with Crippen molar-refractivity contribution < 1.29 is 5.11 Å². The second-order valence-electron chi connectivity index (χ2n) is 2.63. The fraction of sp³-hybridized carbons (Fsp3) is 0.333. The Kier molecular flexibility index (Phi) is 2.68. The van der Waals surface area contributed by atoms with E-state index in [0.717, 1.165) is 15.6 Å². The van der Waals surface area contributed by atoms with Crippen molar-refractivity contribution in [1.82, 2.24) is 0 Å². The smallest absolute Gasteiger partial charge is 0.0764 e. The van der Waals surface area contributed by atoms with Crippen molar-refractivity contribution >= 4 is 15.9 Å². The number of halogens is 1. The van der Waals surface area contributed by atoms with Gasteiger partial charge in [0.15, 0.2) is 0 Å². The molecule has 0 heterocycles. The van der Waals surface area contributed by atoms with Gasteiger partial charge in [0.25, 0.3) is 0 Å². The maximum atomic E-state index is 9.31. The third-order valence-corrected chi connectivity index (χ3v) is 2.62. The molecular formula is C9H11BrO. The van der Waals surface area contributed by atoms with Crippen LogP contribution in [0.25, 0.3) is 0 Å². The van der Waals surface area contributed by atoms with Crippen LogP contribution in [0.3, 0.4) is 0 Å². The SMILES string of the molecule is Cc1c(Br)cccc1[C@@H](C)O. The number of aliphatic hydroxyl groups is 1. The number of rotatable bonds is 1. The zero-order valence-corrected chi connectivity index (χ0v) is 8.22. The average molecular weight is 215 g/mol. The van der Waals surface area contributed by atoms with Gasteiger partial charge in [0, 0.05) is 4.47 Å². The van der Waals surface area contributed by atoms with E-state index in [1.54, 1.807) is 6.92 Å². The molecule has 1 rings (SSSR count). The van der Waals surface area contributed by atoms with Gasteiger partial charge in [-0.3, -0.25) is 0 Å². The Bertz CT molecular complexity index is 256. The summed E-state index contributed by atoms with van der Waals surface area (Å²) in [5.41, 5.74) is 2.10. The van der Waals surface area contributed by atoms with Crippen LogP contribution in [0.15, 0.2) is 22.7 Å². The van der Waals surface area contributed by atoms with Gasteiger partial charge in [-0.2, -0.15) is 0 Å². The standard InChI is InChI=1S/C9H11BrO/c1-6-8(7(2)11)4-3-5-9(6)10/h3-5,7,11H,1-2H3/t7-/m1/s1. The van der Waals surface area contributed by atoms with Crippen molar-refractivity contribution in [2.75, 3.05) is 0 Å². The van der Waals surface area contributed by atoms with Crippen LogP contribution in [0.4, 0.5) is 0 Å². The number of hydrogen-bond acceptors (Lipinski definition) is 1. The van der Waals surface area contributed by atoms with E-state index >= 15 is 0 Å². The predicted octanol–water partition coefficient (Wildman–Crippen LogP) is 2.81. The van der Waals surface area contributed by atoms with Gasteiger partial charge in [-0.15, -0.1) is 0 Å². The summed E-state index contributed by atoms with van der Waals surface area (Å²) in [4.78, 5) is 0. The van der Waals surface area contributed by atoms with Crippen molar-refractivity contribution in [1.29, 1.82) is 0 Å². The van der Waals surface area contributed by atoms with E-state index in [2.05, 4.69) is 15.9 Å². The molecule has 1 N–H and O–H groups in total. The van der Waals surface area contributed by atoms with E-state index in [-0.39, 0.29) is 6.10 Å². The molecule has 0 aliphatic carbocycles. The van der Waals surface area contributed by atoms with Gasteiger partial charge in [-0.05, 0) is 31.0 Å². The normalized spacial score (nSPS) is 13.1. The minimum absolute atomic E-state index is 0.382. The van der Waals surface area contributed by atoms with Crippen LogP contribution < -0.4 is 0 Å². The highest BCUT2D eigenvalue weighted by atomic mass is 79.9. The molecular weight excluding hydrogens is 204 g/mol. The summed E-state index contributed by atoms with van der Waals surface area (Å²) in [7, 11) is 0. The lowest BCUT2D eigenvalue weighted by molar-refractivity contribution is 0.198. The summed E-state index contributed by atoms with van der Waals surface area (Å²) in [6, 6.07) is 5.84. The van der Waals surface area contributed by atoms with Crippen LogP contribution in [0, 0.1) is 6.92 Å². The molecule has 0 saturated carbocycles. The first-order valence-electron chi connectivity index (χ1n) is 3.56. The summed E-state index contributed by atoms with van der Waals surface area (Å²) >= 11 is 3.40. The summed E-state index contributed by atoms with van der Waals surface area (Å²) < 4.78 is 1.05. The summed E-state index contributed by atoms with van der Waals surface area (Å²) in [6.07, 6.45) is -0.382. The molecule has 0 aromatic heterocycles. The molecule has 1 aromatic carbocycles. The fourth-order valence-electron chi connectivity index (χ4n) is 1.08. The summed E-state index contributed by atoms with van der Waals surface area (Å²) in [5, 5.41) is 9.31. The monoisotopic (exact) mass is 214 g/mol. The molecule has 0 amide bonds. The summed E-state index contributed by atoms with van der Waals surface area (Å²) in [5.74, 6) is 0. The van der Waals surface area contributed by atoms with Gasteiger partial charge in [-0.1, -0.05) is 28.1 Å². The Morgan fingerprint density at radius 2 is 2.09 bits per heavy atom. The molecule has 2 heteroatoms. The van der Waals surface area contributed by atoms with Crippen molar-refractivity contribution in [3.63, 3.8) is 0 Å². The van der Waals surface area contributed by atoms with Crippen LogP contribution in [0.2, 0.25) is 0 Å². The molecule has 0 bridgehead atoms. The second kappa shape index (κ2) is 3.37. The largest absolute Gasteiger partial charge is 0.389 e. The van der Waals surface area contributed by atoms with Crippen molar-refractivity contribution in [3.8, 4) is 0 Å². The van der Waals surface area contributed by atoms with Crippen LogP contribution in [0.1, 0.15) is 24.2 Å². The van der Waals surface area contributed by atoms with Gasteiger partial charge in [-0.25, -0.2) is 0 Å². The van der Waals surface area contributed by atoms with Crippen molar-refractivity contribution in [2.24, 2.45) is 0 Å². The Morgan fingerprint density at radius 1 is 1.45 bits per heavy atom. The molecule has 1 aromatic rings. The van der Waals surface area contributed by atoms with Gasteiger partial charge in [0.1, 0.15) is 0 Å². The Balaban J connectivity index is 3.17. The minimum Gasteiger partial charge on any atom is -0.389 e. The molecule has 1 nitrogen and oxygen atoms in total. The van der Waals surface area contributed by atoms with E-state index < -0.39 is 0 Å². The van der Waals surface area contributed by atoms with Crippen LogP contribution >= 0.6 is 15.9 Å². The van der Waals surface area contributed by atoms with Gasteiger partial charge in [0.05, 0.1) is 6.10 Å². The summed E-state index contributed by atoms with van der Waals surface area (Å²) in [6.45, 7) is 3.76. The predicted molar refractivity (Wildman–Crippen MR) is 49.5 cm³/mol. The van der Waals surface area contributed by atoms with Crippen molar-refractivity contribution in [3.05, 3.63) is 33.8 Å². The zero-order valence-electron chi connectivity index (χ0n) is 6.63. The zero-order chi connectivity index (χ0) is 8.43. The highest BCUT2D eigenvalue weighted by molar-refractivity contribution is 9.10. The van der Waals surface area contributed by atoms with Crippen molar-refractivity contribution in [2.45, 2.75) is 20.0 Å². The number of hydrogen-bond donors (Lipinski definition) is 1. The molecule has 0 aliphatic heterocycles. The first-order chi connectivity index (χ1) is 5.13. The van der Waals surface area contributed by atoms with Gasteiger partial charge in [0.2, 0.25) is 0 Å². The van der Waals surface area contributed by atoms with E-state index in [9.17, 15) is 5.11 Å². The maximum absolute atomic E-state index is 9.31. The van der Waals surface area contributed by atoms with Crippen LogP contribution in [-0.4, -0.2) is 5.11 Å². The van der Waals surface area contributed by atoms with Crippen LogP contribution in [-0.2, 0) is 0 Å². The Morgan fingerprint density at radius 3 is 2.55 bits per heavy atom. The minimum atomic E-state index is -0.382. The van der Waals surface area contributed by atoms with E-state index in [4.69, 9.17) is 0 Å². The lowest BCUT2D eigenvalue weighted by atomic mass is 10.1. The lowest BCUT2D eigenvalue weighted by Gasteiger charge is -2.09. The third kappa shape index (κ3) is 1.82. The lowest BCUT2D eigenvalue weighted by Crippen LogP contribution is -1.94. The maximum Gasteiger partial charge on any atom is 0.0764 e. The first kappa shape index (κ1) is 8.75. The highest BCUT2D eigenvalue weighted by Gasteiger charge is 2.05. The number of aliphatic hydroxyl groups excluding tert-OH is 1. The molecule has 0 saturated heterocycles. The molecule has 0 unspecified atom stereocenters. The first-order valence-corrected chi connectivity index (χ1v) is 4.35. The molecule has 60 valence electrons. The molecule has 0 radical (unpaired) electrons. The quantitative estimate of drug-likeness (QED) is 0.763. The third-order valence-electron chi connectivity index (χ3n) is 1.76. The van der Waals surface area contributed by atoms with Crippen LogP contribution in [0.5, 0.6) is 0 Å². The van der Waals surface area contributed by atoms with E-state index in [1.165, 1.54) is 0 Å². The Hall–Kier alpha value is -0.340. The van der Waals surface area contributed by atoms with E-state index in [0.29, 0.717) is 0 Å². The highest BCUT2D eigenvalue weighted by Crippen LogP contribution is 2.23. The Labute approximate surface area is 75.2 Å². The fourth-order valence-corrected chi connectivity index (χ4v) is 1.46. The second-order valence-corrected chi connectivity index (χ2v) is 3.48. The molecule has 11 heavy (non-hydrogen) atoms. The average Bonchev–Trinajstić information content (AvgIpc) is 1.94. The topological polar surface area (TPSA) is 20.2 Å². The molecule has 0 fully saturated rings. The van der Waals surface area contributed by atoms with E-state index in [1.807, 2.05) is 25.1 Å². The molecule has 1 atom stereocenters. The molecule has 0 aliphatic rings. The number of benzene rings is 1. The van der Waals surface area contributed by atoms with Gasteiger partial charge < -0.3 is 5.11 Å².